The van der Waals surface area contributed by atoms with E-state index in [9.17, 15) is 4.79 Å². The van der Waals surface area contributed by atoms with Crippen LogP contribution in [0.3, 0.4) is 0 Å². The van der Waals surface area contributed by atoms with Gasteiger partial charge in [0, 0.05) is 32.1 Å². The second kappa shape index (κ2) is 8.18. The SMILES string of the molecule is COc1ccccc1C[C@@H](C)N(C)C(=O)c1cnn2cc(CCO)cnc12. The van der Waals surface area contributed by atoms with Crippen molar-refractivity contribution in [3.8, 4) is 5.75 Å². The number of aliphatic hydroxyl groups is 1. The maximum Gasteiger partial charge on any atom is 0.259 e. The summed E-state index contributed by atoms with van der Waals surface area (Å²) in [6, 6.07) is 7.79. The zero-order chi connectivity index (χ0) is 19.4. The molecule has 7 nitrogen and oxygen atoms in total. The maximum absolute atomic E-state index is 13.0. The molecule has 0 saturated carbocycles. The quantitative estimate of drug-likeness (QED) is 0.690. The zero-order valence-electron chi connectivity index (χ0n) is 15.8. The molecular formula is C20H24N4O3. The van der Waals surface area contributed by atoms with Gasteiger partial charge < -0.3 is 14.7 Å². The molecule has 2 aromatic heterocycles. The topological polar surface area (TPSA) is 80.0 Å². The first kappa shape index (κ1) is 18.8. The normalized spacial score (nSPS) is 12.1. The molecule has 3 rings (SSSR count). The lowest BCUT2D eigenvalue weighted by Crippen LogP contribution is -2.36. The molecule has 142 valence electrons. The number of para-hydroxylation sites is 1. The molecule has 0 aliphatic carbocycles. The zero-order valence-corrected chi connectivity index (χ0v) is 15.8. The van der Waals surface area contributed by atoms with Crippen molar-refractivity contribution in [2.24, 2.45) is 0 Å². The fraction of sp³-hybridized carbons (Fsp3) is 0.350. The molecule has 0 spiro atoms. The smallest absolute Gasteiger partial charge is 0.259 e. The molecule has 0 fully saturated rings. The first-order valence-electron chi connectivity index (χ1n) is 8.87. The van der Waals surface area contributed by atoms with Gasteiger partial charge in [-0.2, -0.15) is 5.10 Å². The minimum absolute atomic E-state index is 0.0302. The summed E-state index contributed by atoms with van der Waals surface area (Å²) in [6.07, 6.45) is 6.18. The van der Waals surface area contributed by atoms with E-state index in [0.717, 1.165) is 16.9 Å². The molecular weight excluding hydrogens is 344 g/mol. The van der Waals surface area contributed by atoms with Gasteiger partial charge in [-0.25, -0.2) is 9.50 Å². The molecule has 3 aromatic rings. The number of ether oxygens (including phenoxy) is 1. The van der Waals surface area contributed by atoms with Crippen molar-refractivity contribution in [1.29, 1.82) is 0 Å². The number of aromatic nitrogens is 3. The minimum Gasteiger partial charge on any atom is -0.496 e. The van der Waals surface area contributed by atoms with Gasteiger partial charge >= 0.3 is 0 Å². The van der Waals surface area contributed by atoms with Crippen LogP contribution in [0, 0.1) is 0 Å². The van der Waals surface area contributed by atoms with Gasteiger partial charge in [-0.05, 0) is 37.0 Å². The number of rotatable bonds is 7. The van der Waals surface area contributed by atoms with E-state index in [1.54, 1.807) is 42.2 Å². The van der Waals surface area contributed by atoms with E-state index in [4.69, 9.17) is 9.84 Å². The van der Waals surface area contributed by atoms with E-state index < -0.39 is 0 Å². The Morgan fingerprint density at radius 3 is 2.85 bits per heavy atom. The van der Waals surface area contributed by atoms with Gasteiger partial charge in [-0.15, -0.1) is 0 Å². The van der Waals surface area contributed by atoms with Crippen molar-refractivity contribution < 1.29 is 14.6 Å². The molecule has 0 unspecified atom stereocenters. The molecule has 1 aromatic carbocycles. The van der Waals surface area contributed by atoms with Gasteiger partial charge in [0.1, 0.15) is 11.3 Å². The number of amides is 1. The Morgan fingerprint density at radius 2 is 2.11 bits per heavy atom. The highest BCUT2D eigenvalue weighted by atomic mass is 16.5. The molecule has 0 saturated heterocycles. The summed E-state index contributed by atoms with van der Waals surface area (Å²) < 4.78 is 6.98. The standard InChI is InChI=1S/C20H24N4O3/c1-14(10-16-6-4-5-7-18(16)27-3)23(2)20(26)17-12-22-24-13-15(8-9-25)11-21-19(17)24/h4-7,11-14,25H,8-10H2,1-3H3/t14-/m1/s1. The van der Waals surface area contributed by atoms with Crippen LogP contribution >= 0.6 is 0 Å². The Labute approximate surface area is 158 Å². The summed E-state index contributed by atoms with van der Waals surface area (Å²) in [5.41, 5.74) is 2.89. The van der Waals surface area contributed by atoms with E-state index in [1.165, 1.54) is 0 Å². The van der Waals surface area contributed by atoms with E-state index >= 15 is 0 Å². The Hall–Kier alpha value is -2.93. The Morgan fingerprint density at radius 1 is 1.33 bits per heavy atom. The Bertz CT molecular complexity index is 938. The third-order valence-corrected chi connectivity index (χ3v) is 4.73. The molecule has 1 N–H and O–H groups in total. The molecule has 0 bridgehead atoms. The lowest BCUT2D eigenvalue weighted by atomic mass is 10.0. The summed E-state index contributed by atoms with van der Waals surface area (Å²) in [5, 5.41) is 13.3. The van der Waals surface area contributed by atoms with Crippen LogP contribution in [0.4, 0.5) is 0 Å². The van der Waals surface area contributed by atoms with Crippen LogP contribution < -0.4 is 4.74 Å². The van der Waals surface area contributed by atoms with E-state index in [1.807, 2.05) is 31.2 Å². The van der Waals surface area contributed by atoms with Gasteiger partial charge in [0.05, 0.1) is 13.3 Å². The second-order valence-electron chi connectivity index (χ2n) is 6.54. The average Bonchev–Trinajstić information content (AvgIpc) is 3.10. The molecule has 2 heterocycles. The van der Waals surface area contributed by atoms with Crippen molar-refractivity contribution in [1.82, 2.24) is 19.5 Å². The van der Waals surface area contributed by atoms with E-state index in [0.29, 0.717) is 24.1 Å². The molecule has 1 atom stereocenters. The number of benzene rings is 1. The highest BCUT2D eigenvalue weighted by molar-refractivity contribution is 5.99. The lowest BCUT2D eigenvalue weighted by Gasteiger charge is -2.25. The predicted molar refractivity (Wildman–Crippen MR) is 102 cm³/mol. The van der Waals surface area contributed by atoms with Crippen LogP contribution in [0.1, 0.15) is 28.4 Å². The largest absolute Gasteiger partial charge is 0.496 e. The molecule has 7 heteroatoms. The number of fused-ring (bicyclic) bond motifs is 1. The summed E-state index contributed by atoms with van der Waals surface area (Å²) in [6.45, 7) is 2.05. The number of carbonyl (C=O) groups excluding carboxylic acids is 1. The lowest BCUT2D eigenvalue weighted by molar-refractivity contribution is 0.0744. The highest BCUT2D eigenvalue weighted by Crippen LogP contribution is 2.21. The number of methoxy groups -OCH3 is 1. The van der Waals surface area contributed by atoms with Crippen molar-refractivity contribution >= 4 is 11.6 Å². The Balaban J connectivity index is 1.79. The van der Waals surface area contributed by atoms with Crippen LogP contribution in [0.5, 0.6) is 5.75 Å². The first-order chi connectivity index (χ1) is 13.0. The molecule has 0 aliphatic rings. The maximum atomic E-state index is 13.0. The molecule has 0 radical (unpaired) electrons. The second-order valence-corrected chi connectivity index (χ2v) is 6.54. The van der Waals surface area contributed by atoms with E-state index in [-0.39, 0.29) is 18.6 Å². The van der Waals surface area contributed by atoms with Crippen LogP contribution in [0.2, 0.25) is 0 Å². The number of hydrogen-bond acceptors (Lipinski definition) is 5. The summed E-state index contributed by atoms with van der Waals surface area (Å²) in [4.78, 5) is 19.0. The van der Waals surface area contributed by atoms with Crippen LogP contribution in [0.15, 0.2) is 42.9 Å². The monoisotopic (exact) mass is 368 g/mol. The van der Waals surface area contributed by atoms with Crippen molar-refractivity contribution in [2.75, 3.05) is 20.8 Å². The number of aliphatic hydroxyl groups excluding tert-OH is 1. The van der Waals surface area contributed by atoms with Gasteiger partial charge in [-0.3, -0.25) is 4.79 Å². The van der Waals surface area contributed by atoms with Gasteiger partial charge in [0.2, 0.25) is 0 Å². The fourth-order valence-corrected chi connectivity index (χ4v) is 3.04. The fourth-order valence-electron chi connectivity index (χ4n) is 3.04. The van der Waals surface area contributed by atoms with Gasteiger partial charge in [-0.1, -0.05) is 18.2 Å². The number of nitrogens with zero attached hydrogens (tertiary/aromatic N) is 4. The third kappa shape index (κ3) is 3.93. The van der Waals surface area contributed by atoms with Crippen LogP contribution in [-0.4, -0.2) is 57.3 Å². The Kier molecular flexibility index (Phi) is 5.71. The van der Waals surface area contributed by atoms with Crippen LogP contribution in [-0.2, 0) is 12.8 Å². The highest BCUT2D eigenvalue weighted by Gasteiger charge is 2.22. The predicted octanol–water partition coefficient (Wildman–Crippen LogP) is 1.98. The summed E-state index contributed by atoms with van der Waals surface area (Å²) in [7, 11) is 3.43. The molecule has 27 heavy (non-hydrogen) atoms. The summed E-state index contributed by atoms with van der Waals surface area (Å²) in [5.74, 6) is 0.689. The molecule has 0 aliphatic heterocycles. The first-order valence-corrected chi connectivity index (χ1v) is 8.87. The van der Waals surface area contributed by atoms with Crippen molar-refractivity contribution in [3.05, 3.63) is 59.5 Å². The van der Waals surface area contributed by atoms with Crippen molar-refractivity contribution in [2.45, 2.75) is 25.8 Å². The summed E-state index contributed by atoms with van der Waals surface area (Å²) >= 11 is 0. The van der Waals surface area contributed by atoms with E-state index in [2.05, 4.69) is 10.1 Å². The van der Waals surface area contributed by atoms with Gasteiger partial charge in [0.25, 0.3) is 5.91 Å². The van der Waals surface area contributed by atoms with Crippen LogP contribution in [0.25, 0.3) is 5.65 Å². The molecule has 1 amide bonds. The average molecular weight is 368 g/mol. The number of hydrogen-bond donors (Lipinski definition) is 1. The minimum atomic E-state index is -0.130. The number of carbonyl (C=O) groups is 1. The van der Waals surface area contributed by atoms with Gasteiger partial charge in [0.15, 0.2) is 5.65 Å². The van der Waals surface area contributed by atoms with Crippen molar-refractivity contribution in [3.63, 3.8) is 0 Å². The third-order valence-electron chi connectivity index (χ3n) is 4.73. The number of likely N-dealkylation sites (N-methyl/N-ethyl adjacent to an activating group) is 1.